The Hall–Kier alpha value is -1.31. The van der Waals surface area contributed by atoms with E-state index in [0.29, 0.717) is 5.69 Å². The second kappa shape index (κ2) is 5.55. The van der Waals surface area contributed by atoms with E-state index < -0.39 is 5.97 Å². The zero-order valence-electron chi connectivity index (χ0n) is 9.57. The van der Waals surface area contributed by atoms with Gasteiger partial charge in [-0.1, -0.05) is 0 Å². The first-order chi connectivity index (χ1) is 8.56. The average molecular weight is 360 g/mol. The summed E-state index contributed by atoms with van der Waals surface area (Å²) in [5.74, 6) is -1.05. The van der Waals surface area contributed by atoms with Crippen LogP contribution < -0.4 is 10.6 Å². The highest BCUT2D eigenvalue weighted by Gasteiger charge is 2.20. The first kappa shape index (κ1) is 13.1. The number of benzene rings is 1. The average Bonchev–Trinajstić information content (AvgIpc) is 2.26. The van der Waals surface area contributed by atoms with Crippen LogP contribution in [0.15, 0.2) is 18.2 Å². The second-order valence-electron chi connectivity index (χ2n) is 4.22. The summed E-state index contributed by atoms with van der Waals surface area (Å²) in [7, 11) is 0. The van der Waals surface area contributed by atoms with Crippen molar-refractivity contribution in [2.75, 3.05) is 5.32 Å². The number of carbonyl (C=O) groups excluding carboxylic acids is 1. The third-order valence-electron chi connectivity index (χ3n) is 2.90. The Bertz CT molecular complexity index is 486. The molecule has 0 heterocycles. The smallest absolute Gasteiger partial charge is 0.337 e. The van der Waals surface area contributed by atoms with Gasteiger partial charge in [0.15, 0.2) is 0 Å². The van der Waals surface area contributed by atoms with E-state index in [9.17, 15) is 9.59 Å². The fraction of sp³-hybridized carbons (Fsp3) is 0.333. The quantitative estimate of drug-likeness (QED) is 0.726. The van der Waals surface area contributed by atoms with Crippen molar-refractivity contribution >= 4 is 40.3 Å². The lowest BCUT2D eigenvalue weighted by atomic mass is 9.93. The molecule has 0 unspecified atom stereocenters. The minimum atomic E-state index is -1.05. The van der Waals surface area contributed by atoms with Gasteiger partial charge in [0.2, 0.25) is 0 Å². The van der Waals surface area contributed by atoms with E-state index in [1.807, 2.05) is 22.6 Å². The van der Waals surface area contributed by atoms with Crippen LogP contribution in [0.1, 0.15) is 29.6 Å². The highest BCUT2D eigenvalue weighted by molar-refractivity contribution is 14.1. The van der Waals surface area contributed by atoms with Gasteiger partial charge in [-0.2, -0.15) is 0 Å². The lowest BCUT2D eigenvalue weighted by Crippen LogP contribution is -2.42. The Labute approximate surface area is 118 Å². The van der Waals surface area contributed by atoms with Gasteiger partial charge in [0, 0.05) is 9.61 Å². The molecule has 0 bridgehead atoms. The molecule has 0 spiro atoms. The number of hydrogen-bond acceptors (Lipinski definition) is 2. The molecule has 1 saturated carbocycles. The minimum absolute atomic E-state index is 0.102. The molecule has 1 aliphatic rings. The van der Waals surface area contributed by atoms with Crippen molar-refractivity contribution in [3.63, 3.8) is 0 Å². The van der Waals surface area contributed by atoms with Crippen LogP contribution in [0.25, 0.3) is 0 Å². The van der Waals surface area contributed by atoms with Crippen LogP contribution in [0.5, 0.6) is 0 Å². The fourth-order valence-corrected chi connectivity index (χ4v) is 2.19. The second-order valence-corrected chi connectivity index (χ2v) is 5.47. The molecule has 0 aromatic heterocycles. The Balaban J connectivity index is 2.07. The summed E-state index contributed by atoms with van der Waals surface area (Å²) in [4.78, 5) is 22.7. The minimum Gasteiger partial charge on any atom is -0.478 e. The number of carbonyl (C=O) groups is 2. The predicted octanol–water partition coefficient (Wildman–Crippen LogP) is 2.66. The molecule has 1 fully saturated rings. The summed E-state index contributed by atoms with van der Waals surface area (Å²) in [6.07, 6.45) is 3.12. The van der Waals surface area contributed by atoms with Gasteiger partial charge >= 0.3 is 12.0 Å². The van der Waals surface area contributed by atoms with Crippen LogP contribution in [0, 0.1) is 3.57 Å². The SMILES string of the molecule is O=C(Nc1ccc(I)cc1C(=O)O)NC1CCC1. The number of halogens is 1. The van der Waals surface area contributed by atoms with Gasteiger partial charge in [-0.25, -0.2) is 9.59 Å². The number of anilines is 1. The summed E-state index contributed by atoms with van der Waals surface area (Å²) < 4.78 is 0.815. The molecule has 1 aromatic rings. The maximum Gasteiger partial charge on any atom is 0.337 e. The van der Waals surface area contributed by atoms with Gasteiger partial charge in [0.05, 0.1) is 11.3 Å². The molecular formula is C12H13IN2O3. The summed E-state index contributed by atoms with van der Waals surface area (Å²) >= 11 is 2.03. The van der Waals surface area contributed by atoms with E-state index in [-0.39, 0.29) is 17.6 Å². The van der Waals surface area contributed by atoms with Crippen LogP contribution in [0.4, 0.5) is 10.5 Å². The number of aromatic carboxylic acids is 1. The number of urea groups is 1. The Morgan fingerprint density at radius 1 is 1.33 bits per heavy atom. The third kappa shape index (κ3) is 3.12. The molecule has 0 aliphatic heterocycles. The van der Waals surface area contributed by atoms with Gasteiger partial charge in [0.25, 0.3) is 0 Å². The molecule has 18 heavy (non-hydrogen) atoms. The summed E-state index contributed by atoms with van der Waals surface area (Å²) in [6, 6.07) is 4.77. The summed E-state index contributed by atoms with van der Waals surface area (Å²) in [5, 5.41) is 14.5. The Morgan fingerprint density at radius 2 is 2.06 bits per heavy atom. The van der Waals surface area contributed by atoms with Crippen molar-refractivity contribution < 1.29 is 14.7 Å². The van der Waals surface area contributed by atoms with Crippen LogP contribution in [-0.2, 0) is 0 Å². The van der Waals surface area contributed by atoms with Crippen molar-refractivity contribution in [2.24, 2.45) is 0 Å². The van der Waals surface area contributed by atoms with Crippen LogP contribution >= 0.6 is 22.6 Å². The highest BCUT2D eigenvalue weighted by Crippen LogP contribution is 2.20. The van der Waals surface area contributed by atoms with E-state index in [1.54, 1.807) is 12.1 Å². The standard InChI is InChI=1S/C12H13IN2O3/c13-7-4-5-10(9(6-7)11(16)17)15-12(18)14-8-2-1-3-8/h4-6,8H,1-3H2,(H,16,17)(H2,14,15,18). The van der Waals surface area contributed by atoms with E-state index in [1.165, 1.54) is 6.07 Å². The van der Waals surface area contributed by atoms with Gasteiger partial charge in [0.1, 0.15) is 0 Å². The summed E-state index contributed by atoms with van der Waals surface area (Å²) in [6.45, 7) is 0. The first-order valence-electron chi connectivity index (χ1n) is 5.66. The molecule has 3 N–H and O–H groups in total. The molecule has 0 radical (unpaired) electrons. The number of nitrogens with one attached hydrogen (secondary N) is 2. The molecule has 5 nitrogen and oxygen atoms in total. The molecule has 0 saturated heterocycles. The zero-order valence-corrected chi connectivity index (χ0v) is 11.7. The van der Waals surface area contributed by atoms with Crippen molar-refractivity contribution in [3.05, 3.63) is 27.3 Å². The maximum atomic E-state index is 11.7. The first-order valence-corrected chi connectivity index (χ1v) is 6.74. The Kier molecular flexibility index (Phi) is 4.05. The van der Waals surface area contributed by atoms with Crippen molar-refractivity contribution in [1.29, 1.82) is 0 Å². The van der Waals surface area contributed by atoms with Crippen LogP contribution in [-0.4, -0.2) is 23.1 Å². The molecule has 2 rings (SSSR count). The van der Waals surface area contributed by atoms with Crippen molar-refractivity contribution in [3.8, 4) is 0 Å². The number of hydrogen-bond donors (Lipinski definition) is 3. The van der Waals surface area contributed by atoms with Gasteiger partial charge in [-0.15, -0.1) is 0 Å². The molecule has 1 aliphatic carbocycles. The van der Waals surface area contributed by atoms with Gasteiger partial charge < -0.3 is 15.7 Å². The van der Waals surface area contributed by atoms with E-state index in [4.69, 9.17) is 5.11 Å². The molecule has 2 amide bonds. The number of rotatable bonds is 3. The van der Waals surface area contributed by atoms with Crippen molar-refractivity contribution in [1.82, 2.24) is 5.32 Å². The van der Waals surface area contributed by atoms with E-state index >= 15 is 0 Å². The molecule has 96 valence electrons. The number of amides is 2. The van der Waals surface area contributed by atoms with E-state index in [2.05, 4.69) is 10.6 Å². The predicted molar refractivity (Wildman–Crippen MR) is 75.9 cm³/mol. The van der Waals surface area contributed by atoms with Crippen LogP contribution in [0.3, 0.4) is 0 Å². The van der Waals surface area contributed by atoms with E-state index in [0.717, 1.165) is 22.8 Å². The maximum absolute atomic E-state index is 11.7. The zero-order chi connectivity index (χ0) is 13.1. The monoisotopic (exact) mass is 360 g/mol. The molecule has 6 heteroatoms. The van der Waals surface area contributed by atoms with Crippen molar-refractivity contribution in [2.45, 2.75) is 25.3 Å². The van der Waals surface area contributed by atoms with Crippen LogP contribution in [0.2, 0.25) is 0 Å². The largest absolute Gasteiger partial charge is 0.478 e. The van der Waals surface area contributed by atoms with Gasteiger partial charge in [-0.05, 0) is 60.1 Å². The molecule has 0 atom stereocenters. The van der Waals surface area contributed by atoms with Gasteiger partial charge in [-0.3, -0.25) is 0 Å². The normalized spacial score (nSPS) is 14.7. The number of carboxylic acid groups (broad SMARTS) is 1. The molecule has 1 aromatic carbocycles. The lowest BCUT2D eigenvalue weighted by Gasteiger charge is -2.26. The fourth-order valence-electron chi connectivity index (χ4n) is 1.70. The highest BCUT2D eigenvalue weighted by atomic mass is 127. The summed E-state index contributed by atoms with van der Waals surface area (Å²) in [5.41, 5.74) is 0.422. The third-order valence-corrected chi connectivity index (χ3v) is 3.57. The lowest BCUT2D eigenvalue weighted by molar-refractivity contribution is 0.0698. The Morgan fingerprint density at radius 3 is 2.61 bits per heavy atom. The molecular weight excluding hydrogens is 347 g/mol. The topological polar surface area (TPSA) is 78.4 Å². The number of carboxylic acids is 1.